The van der Waals surface area contributed by atoms with Crippen molar-refractivity contribution < 1.29 is 4.52 Å². The molecule has 0 bridgehead atoms. The lowest BCUT2D eigenvalue weighted by molar-refractivity contribution is 0.167. The molecule has 1 aromatic carbocycles. The molecule has 2 aliphatic rings. The van der Waals surface area contributed by atoms with Gasteiger partial charge in [0.25, 0.3) is 11.8 Å². The minimum Gasteiger partial charge on any atom is -0.338 e. The van der Waals surface area contributed by atoms with Crippen molar-refractivity contribution in [2.75, 3.05) is 31.1 Å². The number of hydrogen-bond acceptors (Lipinski definition) is 5. The molecule has 0 saturated carbocycles. The third-order valence-electron chi connectivity index (χ3n) is 5.66. The Morgan fingerprint density at radius 2 is 1.75 bits per heavy atom. The maximum absolute atomic E-state index is 5.45. The highest BCUT2D eigenvalue weighted by atomic mass is 16.5. The standard InChI is InChI=1S/C19H26N4O/c1-15(22-11-5-6-12-22)16-9-13-23(14-10-16)19-20-18(24-21-19)17-7-3-2-4-8-17/h2-4,7-8,15-16H,5-6,9-14H2,1H3/t15-/m0/s1. The van der Waals surface area contributed by atoms with Crippen molar-refractivity contribution in [3.8, 4) is 11.5 Å². The molecule has 5 heteroatoms. The number of aromatic nitrogens is 2. The van der Waals surface area contributed by atoms with Crippen LogP contribution in [0.4, 0.5) is 5.95 Å². The molecule has 2 aliphatic heterocycles. The number of nitrogens with zero attached hydrogens (tertiary/aromatic N) is 4. The fraction of sp³-hybridized carbons (Fsp3) is 0.579. The van der Waals surface area contributed by atoms with E-state index in [-0.39, 0.29) is 0 Å². The van der Waals surface area contributed by atoms with Crippen LogP contribution in [0, 0.1) is 5.92 Å². The quantitative estimate of drug-likeness (QED) is 0.861. The number of benzene rings is 1. The zero-order chi connectivity index (χ0) is 16.4. The van der Waals surface area contributed by atoms with Gasteiger partial charge in [-0.05, 0) is 68.9 Å². The number of anilines is 1. The van der Waals surface area contributed by atoms with Gasteiger partial charge in [-0.3, -0.25) is 0 Å². The second-order valence-corrected chi connectivity index (χ2v) is 7.07. The normalized spacial score (nSPS) is 21.3. The Morgan fingerprint density at radius 1 is 1.04 bits per heavy atom. The maximum Gasteiger partial charge on any atom is 0.266 e. The van der Waals surface area contributed by atoms with Crippen molar-refractivity contribution in [1.82, 2.24) is 15.0 Å². The predicted octanol–water partition coefficient (Wildman–Crippen LogP) is 3.44. The molecule has 0 amide bonds. The molecule has 2 fully saturated rings. The van der Waals surface area contributed by atoms with Crippen molar-refractivity contribution in [2.24, 2.45) is 5.92 Å². The van der Waals surface area contributed by atoms with Gasteiger partial charge in [-0.15, -0.1) is 0 Å². The van der Waals surface area contributed by atoms with Gasteiger partial charge in [0.2, 0.25) is 0 Å². The van der Waals surface area contributed by atoms with Gasteiger partial charge in [-0.2, -0.15) is 4.98 Å². The van der Waals surface area contributed by atoms with E-state index in [1.54, 1.807) is 0 Å². The average molecular weight is 326 g/mol. The van der Waals surface area contributed by atoms with Crippen molar-refractivity contribution >= 4 is 5.95 Å². The summed E-state index contributed by atoms with van der Waals surface area (Å²) >= 11 is 0. The summed E-state index contributed by atoms with van der Waals surface area (Å²) in [4.78, 5) is 9.53. The molecule has 3 heterocycles. The summed E-state index contributed by atoms with van der Waals surface area (Å²) in [5.41, 5.74) is 0.980. The van der Waals surface area contributed by atoms with Crippen LogP contribution in [0.3, 0.4) is 0 Å². The van der Waals surface area contributed by atoms with Crippen LogP contribution in [0.1, 0.15) is 32.6 Å². The van der Waals surface area contributed by atoms with Crippen molar-refractivity contribution in [3.63, 3.8) is 0 Å². The van der Waals surface area contributed by atoms with Gasteiger partial charge in [0, 0.05) is 24.7 Å². The van der Waals surface area contributed by atoms with Gasteiger partial charge in [0.05, 0.1) is 0 Å². The Hall–Kier alpha value is -1.88. The van der Waals surface area contributed by atoms with Crippen LogP contribution in [0.5, 0.6) is 0 Å². The van der Waals surface area contributed by atoms with Crippen molar-refractivity contribution in [2.45, 2.75) is 38.6 Å². The monoisotopic (exact) mass is 326 g/mol. The van der Waals surface area contributed by atoms with Crippen LogP contribution in [-0.2, 0) is 0 Å². The summed E-state index contributed by atoms with van der Waals surface area (Å²) < 4.78 is 5.45. The molecule has 2 aromatic rings. The molecular weight excluding hydrogens is 300 g/mol. The Balaban J connectivity index is 1.37. The van der Waals surface area contributed by atoms with E-state index >= 15 is 0 Å². The second-order valence-electron chi connectivity index (χ2n) is 7.07. The van der Waals surface area contributed by atoms with Gasteiger partial charge >= 0.3 is 0 Å². The molecule has 0 aliphatic carbocycles. The fourth-order valence-corrected chi connectivity index (χ4v) is 4.07. The van der Waals surface area contributed by atoms with Crippen LogP contribution < -0.4 is 4.90 Å². The molecule has 24 heavy (non-hydrogen) atoms. The smallest absolute Gasteiger partial charge is 0.266 e. The van der Waals surface area contributed by atoms with E-state index in [1.165, 1.54) is 38.8 Å². The van der Waals surface area contributed by atoms with Gasteiger partial charge in [0.1, 0.15) is 0 Å². The fourth-order valence-electron chi connectivity index (χ4n) is 4.07. The summed E-state index contributed by atoms with van der Waals surface area (Å²) in [5.74, 6) is 2.14. The molecule has 2 saturated heterocycles. The summed E-state index contributed by atoms with van der Waals surface area (Å²) in [6.45, 7) is 7.03. The van der Waals surface area contributed by atoms with Crippen LogP contribution in [0.15, 0.2) is 34.9 Å². The first-order chi connectivity index (χ1) is 11.8. The maximum atomic E-state index is 5.45. The van der Waals surface area contributed by atoms with Gasteiger partial charge in [0.15, 0.2) is 0 Å². The highest BCUT2D eigenvalue weighted by Gasteiger charge is 2.30. The van der Waals surface area contributed by atoms with E-state index in [4.69, 9.17) is 4.52 Å². The molecule has 0 unspecified atom stereocenters. The molecule has 0 radical (unpaired) electrons. The first-order valence-corrected chi connectivity index (χ1v) is 9.19. The zero-order valence-electron chi connectivity index (χ0n) is 14.4. The number of hydrogen-bond donors (Lipinski definition) is 0. The van der Waals surface area contributed by atoms with Crippen LogP contribution >= 0.6 is 0 Å². The lowest BCUT2D eigenvalue weighted by atomic mass is 9.89. The van der Waals surface area contributed by atoms with Crippen LogP contribution in [0.2, 0.25) is 0 Å². The summed E-state index contributed by atoms with van der Waals surface area (Å²) in [6, 6.07) is 10.7. The van der Waals surface area contributed by atoms with Gasteiger partial charge in [-0.1, -0.05) is 18.2 Å². The molecule has 4 rings (SSSR count). The molecule has 0 spiro atoms. The molecule has 5 nitrogen and oxygen atoms in total. The molecule has 1 atom stereocenters. The molecule has 128 valence electrons. The minimum atomic E-state index is 0.609. The molecular formula is C19H26N4O. The zero-order valence-corrected chi connectivity index (χ0v) is 14.4. The topological polar surface area (TPSA) is 45.4 Å². The summed E-state index contributed by atoms with van der Waals surface area (Å²) in [7, 11) is 0. The largest absolute Gasteiger partial charge is 0.338 e. The molecule has 0 N–H and O–H groups in total. The van der Waals surface area contributed by atoms with Crippen LogP contribution in [0.25, 0.3) is 11.5 Å². The Labute approximate surface area is 143 Å². The van der Waals surface area contributed by atoms with E-state index in [9.17, 15) is 0 Å². The van der Waals surface area contributed by atoms with E-state index in [0.717, 1.165) is 30.5 Å². The van der Waals surface area contributed by atoms with E-state index in [1.807, 2.05) is 30.3 Å². The Kier molecular flexibility index (Phi) is 4.52. The third kappa shape index (κ3) is 3.18. The number of piperidine rings is 1. The lowest BCUT2D eigenvalue weighted by Gasteiger charge is -2.37. The van der Waals surface area contributed by atoms with E-state index in [0.29, 0.717) is 11.9 Å². The van der Waals surface area contributed by atoms with E-state index in [2.05, 4.69) is 26.9 Å². The Morgan fingerprint density at radius 3 is 2.46 bits per heavy atom. The Bertz CT molecular complexity index is 642. The number of likely N-dealkylation sites (tertiary alicyclic amines) is 1. The second kappa shape index (κ2) is 6.93. The van der Waals surface area contributed by atoms with Crippen molar-refractivity contribution in [1.29, 1.82) is 0 Å². The van der Waals surface area contributed by atoms with E-state index < -0.39 is 0 Å². The minimum absolute atomic E-state index is 0.609. The summed E-state index contributed by atoms with van der Waals surface area (Å²) in [6.07, 6.45) is 5.17. The average Bonchev–Trinajstić information content (AvgIpc) is 3.34. The highest BCUT2D eigenvalue weighted by Crippen LogP contribution is 2.28. The summed E-state index contributed by atoms with van der Waals surface area (Å²) in [5, 5.41) is 4.19. The predicted molar refractivity (Wildman–Crippen MR) is 94.9 cm³/mol. The van der Waals surface area contributed by atoms with Gasteiger partial charge < -0.3 is 14.3 Å². The lowest BCUT2D eigenvalue weighted by Crippen LogP contribution is -2.43. The van der Waals surface area contributed by atoms with Crippen LogP contribution in [-0.4, -0.2) is 47.3 Å². The third-order valence-corrected chi connectivity index (χ3v) is 5.66. The van der Waals surface area contributed by atoms with Gasteiger partial charge in [-0.25, -0.2) is 0 Å². The first-order valence-electron chi connectivity index (χ1n) is 9.19. The van der Waals surface area contributed by atoms with Crippen molar-refractivity contribution in [3.05, 3.63) is 30.3 Å². The SMILES string of the molecule is C[C@@H](C1CCN(c2noc(-c3ccccc3)n2)CC1)N1CCCC1. The number of rotatable bonds is 4. The first kappa shape index (κ1) is 15.6. The molecule has 1 aromatic heterocycles. The highest BCUT2D eigenvalue weighted by molar-refractivity contribution is 5.54.